The second kappa shape index (κ2) is 6.18. The highest BCUT2D eigenvalue weighted by Crippen LogP contribution is 2.22. The third-order valence-electron chi connectivity index (χ3n) is 2.04. The molecular weight excluding hydrogens is 358 g/mol. The third-order valence-corrected chi connectivity index (χ3v) is 4.80. The summed E-state index contributed by atoms with van der Waals surface area (Å²) in [5, 5.41) is 0. The molecule has 0 unspecified atom stereocenters. The number of anilines is 1. The molecule has 0 radical (unpaired) electrons. The lowest BCUT2D eigenvalue weighted by Crippen LogP contribution is -2.34. The summed E-state index contributed by atoms with van der Waals surface area (Å²) in [6.45, 7) is -0.0978. The first-order valence-electron chi connectivity index (χ1n) is 5.11. The summed E-state index contributed by atoms with van der Waals surface area (Å²) in [7, 11) is -7.09. The summed E-state index contributed by atoms with van der Waals surface area (Å²) >= 11 is 3.18. The highest BCUT2D eigenvalue weighted by atomic mass is 79.9. The molecule has 1 aromatic carbocycles. The van der Waals surface area contributed by atoms with Crippen molar-refractivity contribution >= 4 is 41.7 Å². The number of sulfonamides is 2. The van der Waals surface area contributed by atoms with E-state index in [2.05, 4.69) is 25.4 Å². The predicted molar refractivity (Wildman–Crippen MR) is 76.6 cm³/mol. The molecule has 0 amide bonds. The van der Waals surface area contributed by atoms with Crippen LogP contribution in [-0.4, -0.2) is 36.2 Å². The molecule has 0 saturated carbocycles. The van der Waals surface area contributed by atoms with Crippen molar-refractivity contribution in [1.82, 2.24) is 9.44 Å². The molecule has 0 aliphatic rings. The van der Waals surface area contributed by atoms with Gasteiger partial charge in [-0.3, -0.25) is 0 Å². The van der Waals surface area contributed by atoms with Crippen LogP contribution in [0, 0.1) is 0 Å². The van der Waals surface area contributed by atoms with Gasteiger partial charge in [-0.05, 0) is 18.2 Å². The molecule has 0 aliphatic heterocycles. The SMILES string of the molecule is CS(=O)(=O)NCCNS(=O)(=O)c1ccc(Br)cc1N. The molecule has 1 aromatic rings. The van der Waals surface area contributed by atoms with Crippen LogP contribution in [0.5, 0.6) is 0 Å². The maximum atomic E-state index is 11.9. The lowest BCUT2D eigenvalue weighted by molar-refractivity contribution is 0.573. The van der Waals surface area contributed by atoms with E-state index in [-0.39, 0.29) is 23.7 Å². The Labute approximate surface area is 120 Å². The number of halogens is 1. The number of rotatable bonds is 6. The highest BCUT2D eigenvalue weighted by molar-refractivity contribution is 9.10. The van der Waals surface area contributed by atoms with Gasteiger partial charge in [0.25, 0.3) is 0 Å². The van der Waals surface area contributed by atoms with Crippen LogP contribution in [0.3, 0.4) is 0 Å². The molecule has 0 aliphatic carbocycles. The van der Waals surface area contributed by atoms with Crippen molar-refractivity contribution in [1.29, 1.82) is 0 Å². The minimum absolute atomic E-state index is 0.0332. The number of nitrogens with two attached hydrogens (primary N) is 1. The maximum Gasteiger partial charge on any atom is 0.242 e. The summed E-state index contributed by atoms with van der Waals surface area (Å²) < 4.78 is 50.5. The van der Waals surface area contributed by atoms with Gasteiger partial charge in [0.05, 0.1) is 11.9 Å². The smallest absolute Gasteiger partial charge is 0.242 e. The second-order valence-electron chi connectivity index (χ2n) is 3.75. The van der Waals surface area contributed by atoms with Crippen molar-refractivity contribution in [2.45, 2.75) is 4.90 Å². The molecule has 4 N–H and O–H groups in total. The van der Waals surface area contributed by atoms with Crippen LogP contribution in [0.25, 0.3) is 0 Å². The van der Waals surface area contributed by atoms with Crippen LogP contribution in [0.1, 0.15) is 0 Å². The first kappa shape index (κ1) is 16.4. The number of nitrogen functional groups attached to an aromatic ring is 1. The fourth-order valence-electron chi connectivity index (χ4n) is 1.26. The summed E-state index contributed by atoms with van der Waals surface area (Å²) in [4.78, 5) is -0.0462. The second-order valence-corrected chi connectivity index (χ2v) is 8.23. The van der Waals surface area contributed by atoms with Crippen molar-refractivity contribution in [2.75, 3.05) is 25.1 Å². The first-order valence-corrected chi connectivity index (χ1v) is 9.28. The summed E-state index contributed by atoms with van der Waals surface area (Å²) in [6.07, 6.45) is 0.994. The van der Waals surface area contributed by atoms with Gasteiger partial charge in [0, 0.05) is 17.6 Å². The van der Waals surface area contributed by atoms with Crippen molar-refractivity contribution < 1.29 is 16.8 Å². The molecule has 0 atom stereocenters. The number of hydrogen-bond acceptors (Lipinski definition) is 5. The van der Waals surface area contributed by atoms with E-state index in [1.165, 1.54) is 12.1 Å². The van der Waals surface area contributed by atoms with Gasteiger partial charge in [-0.2, -0.15) is 0 Å². The van der Waals surface area contributed by atoms with Crippen LogP contribution >= 0.6 is 15.9 Å². The monoisotopic (exact) mass is 371 g/mol. The maximum absolute atomic E-state index is 11.9. The average molecular weight is 372 g/mol. The Balaban J connectivity index is 2.71. The van der Waals surface area contributed by atoms with Gasteiger partial charge in [-0.25, -0.2) is 26.3 Å². The lowest BCUT2D eigenvalue weighted by atomic mass is 10.3. The molecule has 0 fully saturated rings. The Hall–Kier alpha value is -0.680. The van der Waals surface area contributed by atoms with Crippen LogP contribution in [-0.2, 0) is 20.0 Å². The van der Waals surface area contributed by atoms with Crippen molar-refractivity contribution in [2.24, 2.45) is 0 Å². The Morgan fingerprint density at radius 1 is 1.16 bits per heavy atom. The van der Waals surface area contributed by atoms with E-state index in [4.69, 9.17) is 5.73 Å². The first-order chi connectivity index (χ1) is 8.62. The number of hydrogen-bond donors (Lipinski definition) is 3. The molecule has 0 saturated heterocycles. The molecular formula is C9H14BrN3O4S2. The topological polar surface area (TPSA) is 118 Å². The van der Waals surface area contributed by atoms with Crippen molar-refractivity contribution in [3.8, 4) is 0 Å². The van der Waals surface area contributed by atoms with E-state index in [1.807, 2.05) is 0 Å². The molecule has 0 heterocycles. The lowest BCUT2D eigenvalue weighted by Gasteiger charge is -2.09. The van der Waals surface area contributed by atoms with Gasteiger partial charge in [-0.15, -0.1) is 0 Å². The van der Waals surface area contributed by atoms with Crippen LogP contribution in [0.4, 0.5) is 5.69 Å². The predicted octanol–water partition coefficient (Wildman–Crippen LogP) is -0.141. The Bertz CT molecular complexity index is 658. The third kappa shape index (κ3) is 5.45. The highest BCUT2D eigenvalue weighted by Gasteiger charge is 2.16. The molecule has 10 heteroatoms. The molecule has 108 valence electrons. The summed E-state index contributed by atoms with van der Waals surface area (Å²) in [6, 6.07) is 4.40. The van der Waals surface area contributed by atoms with Gasteiger partial charge < -0.3 is 5.73 Å². The Kier molecular flexibility index (Phi) is 5.33. The molecule has 19 heavy (non-hydrogen) atoms. The largest absolute Gasteiger partial charge is 0.398 e. The average Bonchev–Trinajstić information content (AvgIpc) is 2.22. The van der Waals surface area contributed by atoms with E-state index in [1.54, 1.807) is 6.07 Å². The summed E-state index contributed by atoms with van der Waals surface area (Å²) in [5.41, 5.74) is 5.73. The van der Waals surface area contributed by atoms with E-state index in [0.29, 0.717) is 4.47 Å². The Morgan fingerprint density at radius 2 is 1.74 bits per heavy atom. The molecule has 0 spiro atoms. The van der Waals surface area contributed by atoms with E-state index in [9.17, 15) is 16.8 Å². The quantitative estimate of drug-likeness (QED) is 0.474. The number of benzene rings is 1. The minimum Gasteiger partial charge on any atom is -0.398 e. The van der Waals surface area contributed by atoms with Gasteiger partial charge in [0.2, 0.25) is 20.0 Å². The fourth-order valence-corrected chi connectivity index (χ4v) is 3.26. The standard InChI is InChI=1S/C9H14BrN3O4S2/c1-18(14,15)12-4-5-13-19(16,17)9-3-2-7(10)6-8(9)11/h2-3,6,12-13H,4-5,11H2,1H3. The van der Waals surface area contributed by atoms with E-state index < -0.39 is 20.0 Å². The van der Waals surface area contributed by atoms with E-state index in [0.717, 1.165) is 6.26 Å². The Morgan fingerprint density at radius 3 is 2.26 bits per heavy atom. The van der Waals surface area contributed by atoms with Crippen LogP contribution < -0.4 is 15.2 Å². The van der Waals surface area contributed by atoms with Gasteiger partial charge >= 0.3 is 0 Å². The van der Waals surface area contributed by atoms with Crippen LogP contribution in [0.15, 0.2) is 27.6 Å². The van der Waals surface area contributed by atoms with Crippen molar-refractivity contribution in [3.63, 3.8) is 0 Å². The zero-order valence-electron chi connectivity index (χ0n) is 10.1. The molecule has 7 nitrogen and oxygen atoms in total. The van der Waals surface area contributed by atoms with Gasteiger partial charge in [0.15, 0.2) is 0 Å². The number of nitrogens with one attached hydrogen (secondary N) is 2. The normalized spacial score (nSPS) is 12.5. The molecule has 0 aromatic heterocycles. The minimum atomic E-state index is -3.76. The van der Waals surface area contributed by atoms with Crippen LogP contribution in [0.2, 0.25) is 0 Å². The zero-order chi connectivity index (χ0) is 14.7. The zero-order valence-corrected chi connectivity index (χ0v) is 13.3. The van der Waals surface area contributed by atoms with Gasteiger partial charge in [0.1, 0.15) is 4.90 Å². The van der Waals surface area contributed by atoms with E-state index >= 15 is 0 Å². The molecule has 0 bridgehead atoms. The van der Waals surface area contributed by atoms with Crippen molar-refractivity contribution in [3.05, 3.63) is 22.7 Å². The summed E-state index contributed by atoms with van der Waals surface area (Å²) in [5.74, 6) is 0. The fraction of sp³-hybridized carbons (Fsp3) is 0.333. The van der Waals surface area contributed by atoms with Gasteiger partial charge in [-0.1, -0.05) is 15.9 Å². The molecule has 1 rings (SSSR count).